The summed E-state index contributed by atoms with van der Waals surface area (Å²) in [5, 5.41) is 1.84. The molecule has 0 aliphatic carbocycles. The van der Waals surface area contributed by atoms with Crippen LogP contribution in [0.3, 0.4) is 0 Å². The zero-order valence-electron chi connectivity index (χ0n) is 6.53. The Balaban J connectivity index is 3.39. The van der Waals surface area contributed by atoms with Gasteiger partial charge in [-0.25, -0.2) is 14.2 Å². The van der Waals surface area contributed by atoms with Crippen molar-refractivity contribution in [2.75, 3.05) is 13.2 Å². The topological polar surface area (TPSA) is 136 Å². The highest BCUT2D eigenvalue weighted by molar-refractivity contribution is 7.49. The average Bonchev–Trinajstić information content (AvgIpc) is 1.81. The molecule has 0 saturated carbocycles. The van der Waals surface area contributed by atoms with E-state index in [1.54, 1.807) is 0 Å². The maximum atomic E-state index is 10.2. The van der Waals surface area contributed by atoms with Crippen LogP contribution in [0.4, 0.5) is 0 Å². The van der Waals surface area contributed by atoms with Crippen LogP contribution in [0.5, 0.6) is 0 Å². The predicted molar refractivity (Wildman–Crippen MR) is 42.7 cm³/mol. The summed E-state index contributed by atoms with van der Waals surface area (Å²) < 4.78 is 24.3. The maximum Gasteiger partial charge on any atom is 0.469 e. The van der Waals surface area contributed by atoms with Gasteiger partial charge in [-0.05, 0) is 6.42 Å². The summed E-state index contributed by atoms with van der Waals surface area (Å²) in [6.45, 7) is -0.346. The van der Waals surface area contributed by atoms with Crippen molar-refractivity contribution in [1.82, 2.24) is 5.09 Å². The van der Waals surface area contributed by atoms with Crippen LogP contribution in [-0.2, 0) is 13.7 Å². The zero-order valence-corrected chi connectivity index (χ0v) is 8.32. The Morgan fingerprint density at radius 1 is 1.15 bits per heavy atom. The summed E-state index contributed by atoms with van der Waals surface area (Å²) >= 11 is 0. The molecule has 0 rings (SSSR count). The van der Waals surface area contributed by atoms with Crippen LogP contribution in [-0.4, -0.2) is 32.7 Å². The first-order valence-electron chi connectivity index (χ1n) is 3.21. The van der Waals surface area contributed by atoms with Gasteiger partial charge in [-0.2, -0.15) is 0 Å². The third kappa shape index (κ3) is 12.2. The van der Waals surface area contributed by atoms with Crippen LogP contribution < -0.4 is 5.09 Å². The van der Waals surface area contributed by atoms with Gasteiger partial charge >= 0.3 is 15.6 Å². The van der Waals surface area contributed by atoms with Crippen molar-refractivity contribution in [1.29, 1.82) is 0 Å². The highest BCUT2D eigenvalue weighted by atomic mass is 31.2. The molecule has 0 aromatic carbocycles. The first-order valence-corrected chi connectivity index (χ1v) is 6.36. The minimum atomic E-state index is -4.47. The molecule has 0 radical (unpaired) electrons. The van der Waals surface area contributed by atoms with Crippen LogP contribution in [0, 0.1) is 0 Å². The quantitative estimate of drug-likeness (QED) is 0.297. The Hall–Kier alpha value is 0.220. The Morgan fingerprint density at radius 2 is 1.69 bits per heavy atom. The Kier molecular flexibility index (Phi) is 5.28. The van der Waals surface area contributed by atoms with Crippen molar-refractivity contribution in [2.24, 2.45) is 0 Å². The van der Waals surface area contributed by atoms with E-state index < -0.39 is 15.6 Å². The van der Waals surface area contributed by atoms with E-state index in [1.807, 2.05) is 5.09 Å². The molecule has 80 valence electrons. The minimum Gasteiger partial charge on any atom is -0.313 e. The zero-order chi connectivity index (χ0) is 10.5. The van der Waals surface area contributed by atoms with E-state index in [0.717, 1.165) is 0 Å². The second-order valence-electron chi connectivity index (χ2n) is 2.13. The molecule has 0 aliphatic heterocycles. The number of rotatable bonds is 6. The lowest BCUT2D eigenvalue weighted by Gasteiger charge is -2.06. The van der Waals surface area contributed by atoms with Gasteiger partial charge in [0.1, 0.15) is 0 Å². The van der Waals surface area contributed by atoms with Crippen LogP contribution in [0.2, 0.25) is 0 Å². The van der Waals surface area contributed by atoms with E-state index in [1.165, 1.54) is 0 Å². The lowest BCUT2D eigenvalue weighted by Crippen LogP contribution is -2.12. The molecule has 10 heteroatoms. The van der Waals surface area contributed by atoms with Crippen LogP contribution in [0.1, 0.15) is 6.42 Å². The predicted octanol–water partition coefficient (Wildman–Crippen LogP) is -0.832. The number of hydrogen-bond donors (Lipinski definition) is 5. The first kappa shape index (κ1) is 13.2. The van der Waals surface area contributed by atoms with Crippen molar-refractivity contribution in [3.8, 4) is 0 Å². The minimum absolute atomic E-state index is 0.0791. The highest BCUT2D eigenvalue weighted by Crippen LogP contribution is 2.35. The lowest BCUT2D eigenvalue weighted by molar-refractivity contribution is 0.195. The molecule has 0 amide bonds. The van der Waals surface area contributed by atoms with E-state index in [-0.39, 0.29) is 19.6 Å². The molecule has 8 nitrogen and oxygen atoms in total. The summed E-state index contributed by atoms with van der Waals surface area (Å²) in [5.74, 6) is 0. The van der Waals surface area contributed by atoms with Gasteiger partial charge in [0.2, 0.25) is 0 Å². The van der Waals surface area contributed by atoms with Crippen molar-refractivity contribution in [2.45, 2.75) is 6.42 Å². The third-order valence-electron chi connectivity index (χ3n) is 0.898. The fourth-order valence-electron chi connectivity index (χ4n) is 0.480. The molecule has 0 aliphatic rings. The highest BCUT2D eigenvalue weighted by Gasteiger charge is 2.14. The molecule has 0 spiro atoms. The Morgan fingerprint density at radius 3 is 2.08 bits per heavy atom. The molecule has 0 aromatic heterocycles. The molecule has 13 heavy (non-hydrogen) atoms. The van der Waals surface area contributed by atoms with Crippen molar-refractivity contribution >= 4 is 15.6 Å². The van der Waals surface area contributed by atoms with E-state index in [2.05, 4.69) is 4.52 Å². The molecule has 0 atom stereocenters. The standard InChI is InChI=1S/C3H11NO7P2/c5-12(6,7)4-2-1-3-11-13(8,9)10/h1-3H2,(H2,8,9,10)(H3,4,5,6,7). The maximum absolute atomic E-state index is 10.2. The van der Waals surface area contributed by atoms with Crippen LogP contribution in [0.25, 0.3) is 0 Å². The van der Waals surface area contributed by atoms with E-state index >= 15 is 0 Å². The normalized spacial score (nSPS) is 13.2. The number of phosphoric acid groups is 1. The van der Waals surface area contributed by atoms with Crippen molar-refractivity contribution in [3.05, 3.63) is 0 Å². The summed E-state index contributed by atoms with van der Waals surface area (Å²) in [5.41, 5.74) is 0. The summed E-state index contributed by atoms with van der Waals surface area (Å²) in [7, 11) is -8.71. The molecular weight excluding hydrogens is 224 g/mol. The third-order valence-corrected chi connectivity index (χ3v) is 2.05. The van der Waals surface area contributed by atoms with Gasteiger partial charge in [0.15, 0.2) is 0 Å². The van der Waals surface area contributed by atoms with Gasteiger partial charge in [-0.1, -0.05) is 0 Å². The van der Waals surface area contributed by atoms with Crippen molar-refractivity contribution < 1.29 is 33.2 Å². The van der Waals surface area contributed by atoms with Crippen molar-refractivity contribution in [3.63, 3.8) is 0 Å². The summed E-state index contributed by atoms with van der Waals surface area (Å²) in [4.78, 5) is 32.9. The summed E-state index contributed by atoms with van der Waals surface area (Å²) in [6.07, 6.45) is 0.0935. The Labute approximate surface area is 74.4 Å². The van der Waals surface area contributed by atoms with Gasteiger partial charge < -0.3 is 19.6 Å². The van der Waals surface area contributed by atoms with E-state index in [0.29, 0.717) is 0 Å². The van der Waals surface area contributed by atoms with Gasteiger partial charge in [0.05, 0.1) is 6.61 Å². The Bertz CT molecular complexity index is 206. The van der Waals surface area contributed by atoms with Gasteiger partial charge in [0, 0.05) is 6.54 Å². The molecule has 0 unspecified atom stereocenters. The second-order valence-corrected chi connectivity index (χ2v) is 4.77. The van der Waals surface area contributed by atoms with Crippen LogP contribution in [0.15, 0.2) is 0 Å². The molecule has 5 N–H and O–H groups in total. The fraction of sp³-hybridized carbons (Fsp3) is 1.00. The van der Waals surface area contributed by atoms with E-state index in [9.17, 15) is 9.13 Å². The smallest absolute Gasteiger partial charge is 0.313 e. The van der Waals surface area contributed by atoms with Crippen LogP contribution >= 0.6 is 15.6 Å². The second kappa shape index (κ2) is 5.19. The molecule has 0 aromatic rings. The largest absolute Gasteiger partial charge is 0.469 e. The number of hydrogen-bond acceptors (Lipinski definition) is 3. The lowest BCUT2D eigenvalue weighted by atomic mass is 10.5. The van der Waals surface area contributed by atoms with Gasteiger partial charge in [-0.3, -0.25) is 4.52 Å². The van der Waals surface area contributed by atoms with E-state index in [4.69, 9.17) is 19.6 Å². The molecule has 0 fully saturated rings. The molecule has 0 bridgehead atoms. The SMILES string of the molecule is O=P(O)(O)NCCCOP(=O)(O)O. The molecular formula is C3H11NO7P2. The summed E-state index contributed by atoms with van der Waals surface area (Å²) in [6, 6.07) is 0. The first-order chi connectivity index (χ1) is 5.71. The number of nitrogens with one attached hydrogen (secondary N) is 1. The molecule has 0 heterocycles. The molecule has 0 saturated heterocycles. The van der Waals surface area contributed by atoms with Gasteiger partial charge in [-0.15, -0.1) is 0 Å². The van der Waals surface area contributed by atoms with Gasteiger partial charge in [0.25, 0.3) is 0 Å². The monoisotopic (exact) mass is 235 g/mol. The number of phosphoric ester groups is 1. The fourth-order valence-corrected chi connectivity index (χ4v) is 1.30. The average molecular weight is 235 g/mol.